The first-order chi connectivity index (χ1) is 12.6. The van der Waals surface area contributed by atoms with E-state index in [-0.39, 0.29) is 24.4 Å². The Balaban J connectivity index is 1.73. The van der Waals surface area contributed by atoms with E-state index < -0.39 is 11.7 Å². The number of alkyl carbamates (subject to hydrolysis) is 1. The maximum Gasteiger partial charge on any atom is 0.408 e. The number of nitrogens with one attached hydrogen (secondary N) is 2. The molecule has 0 spiro atoms. The van der Waals surface area contributed by atoms with Gasteiger partial charge in [-0.05, 0) is 57.9 Å². The minimum atomic E-state index is -0.610. The van der Waals surface area contributed by atoms with Gasteiger partial charge in [0.1, 0.15) is 12.1 Å². The molecule has 0 unspecified atom stereocenters. The molecule has 1 fully saturated rings. The standard InChI is InChI=1S/C19H26ClN3O4/c1-19(2,3)27-18(26)21-12-16(24)23-10-8-15(9-11-23)22-17(25)13-4-6-14(20)7-5-13/h4-7,15H,8-12H2,1-3H3,(H,21,26)(H,22,25). The van der Waals surface area contributed by atoms with Gasteiger partial charge in [0.15, 0.2) is 0 Å². The van der Waals surface area contributed by atoms with Crippen molar-refractivity contribution in [3.05, 3.63) is 34.9 Å². The predicted octanol–water partition coefficient (Wildman–Crippen LogP) is 2.59. The summed E-state index contributed by atoms with van der Waals surface area (Å²) in [5, 5.41) is 6.04. The SMILES string of the molecule is CC(C)(C)OC(=O)NCC(=O)N1CCC(NC(=O)c2ccc(Cl)cc2)CC1. The number of amides is 3. The molecule has 2 rings (SSSR count). The van der Waals surface area contributed by atoms with Crippen molar-refractivity contribution >= 4 is 29.5 Å². The number of hydrogen-bond donors (Lipinski definition) is 2. The van der Waals surface area contributed by atoms with Crippen molar-refractivity contribution < 1.29 is 19.1 Å². The number of piperidine rings is 1. The van der Waals surface area contributed by atoms with Crippen LogP contribution in [0.3, 0.4) is 0 Å². The summed E-state index contributed by atoms with van der Waals surface area (Å²) in [6.45, 7) is 6.24. The highest BCUT2D eigenvalue weighted by molar-refractivity contribution is 6.30. The molecule has 3 amide bonds. The van der Waals surface area contributed by atoms with E-state index in [1.807, 2.05) is 0 Å². The lowest BCUT2D eigenvalue weighted by Gasteiger charge is -2.32. The summed E-state index contributed by atoms with van der Waals surface area (Å²) in [5.74, 6) is -0.314. The van der Waals surface area contributed by atoms with Crippen LogP contribution in [0, 0.1) is 0 Å². The Morgan fingerprint density at radius 3 is 2.30 bits per heavy atom. The fourth-order valence-electron chi connectivity index (χ4n) is 2.72. The number of halogens is 1. The van der Waals surface area contributed by atoms with E-state index >= 15 is 0 Å². The van der Waals surface area contributed by atoms with Crippen LogP contribution < -0.4 is 10.6 Å². The lowest BCUT2D eigenvalue weighted by atomic mass is 10.0. The fraction of sp³-hybridized carbons (Fsp3) is 0.526. The first-order valence-electron chi connectivity index (χ1n) is 8.95. The van der Waals surface area contributed by atoms with Gasteiger partial charge in [0, 0.05) is 29.7 Å². The average Bonchev–Trinajstić information content (AvgIpc) is 2.59. The zero-order chi connectivity index (χ0) is 20.0. The van der Waals surface area contributed by atoms with Gasteiger partial charge in [-0.15, -0.1) is 0 Å². The Hall–Kier alpha value is -2.28. The van der Waals surface area contributed by atoms with E-state index in [1.165, 1.54) is 0 Å². The van der Waals surface area contributed by atoms with E-state index in [0.29, 0.717) is 36.5 Å². The molecule has 1 heterocycles. The van der Waals surface area contributed by atoms with E-state index in [9.17, 15) is 14.4 Å². The minimum Gasteiger partial charge on any atom is -0.444 e. The molecule has 0 saturated carbocycles. The quantitative estimate of drug-likeness (QED) is 0.820. The Kier molecular flexibility index (Phi) is 7.07. The van der Waals surface area contributed by atoms with Crippen LogP contribution in [0.25, 0.3) is 0 Å². The zero-order valence-electron chi connectivity index (χ0n) is 15.9. The van der Waals surface area contributed by atoms with Gasteiger partial charge in [0.05, 0.1) is 0 Å². The average molecular weight is 396 g/mol. The molecule has 27 heavy (non-hydrogen) atoms. The molecule has 0 radical (unpaired) electrons. The molecule has 2 N–H and O–H groups in total. The molecule has 7 nitrogen and oxygen atoms in total. The number of hydrogen-bond acceptors (Lipinski definition) is 4. The molecule has 1 aromatic rings. The summed E-state index contributed by atoms with van der Waals surface area (Å²) < 4.78 is 5.11. The second-order valence-corrected chi connectivity index (χ2v) is 7.93. The van der Waals surface area contributed by atoms with Crippen molar-refractivity contribution in [2.45, 2.75) is 45.3 Å². The summed E-state index contributed by atoms with van der Waals surface area (Å²) >= 11 is 5.83. The van der Waals surface area contributed by atoms with Crippen molar-refractivity contribution in [1.82, 2.24) is 15.5 Å². The third-order valence-electron chi connectivity index (χ3n) is 4.07. The van der Waals surface area contributed by atoms with E-state index in [0.717, 1.165) is 0 Å². The summed E-state index contributed by atoms with van der Waals surface area (Å²) in [5.41, 5.74) is -0.0483. The number of rotatable bonds is 4. The maximum absolute atomic E-state index is 12.2. The van der Waals surface area contributed by atoms with Crippen LogP contribution in [-0.2, 0) is 9.53 Å². The molecule has 0 aromatic heterocycles. The number of carbonyl (C=O) groups is 3. The molecule has 1 aromatic carbocycles. The second-order valence-electron chi connectivity index (χ2n) is 7.49. The van der Waals surface area contributed by atoms with E-state index in [2.05, 4.69) is 10.6 Å². The molecular weight excluding hydrogens is 370 g/mol. The van der Waals surface area contributed by atoms with Gasteiger partial charge in [-0.3, -0.25) is 9.59 Å². The monoisotopic (exact) mass is 395 g/mol. The van der Waals surface area contributed by atoms with Crippen molar-refractivity contribution in [3.63, 3.8) is 0 Å². The van der Waals surface area contributed by atoms with Crippen molar-refractivity contribution in [3.8, 4) is 0 Å². The number of carbonyl (C=O) groups excluding carboxylic acids is 3. The molecule has 1 saturated heterocycles. The van der Waals surface area contributed by atoms with Crippen LogP contribution in [0.5, 0.6) is 0 Å². The maximum atomic E-state index is 12.2. The third-order valence-corrected chi connectivity index (χ3v) is 4.32. The molecule has 8 heteroatoms. The van der Waals surface area contributed by atoms with Crippen molar-refractivity contribution in [2.75, 3.05) is 19.6 Å². The van der Waals surface area contributed by atoms with Gasteiger partial charge < -0.3 is 20.3 Å². The van der Waals surface area contributed by atoms with Crippen molar-refractivity contribution in [1.29, 1.82) is 0 Å². The predicted molar refractivity (Wildman–Crippen MR) is 103 cm³/mol. The van der Waals surface area contributed by atoms with Gasteiger partial charge in [0.2, 0.25) is 5.91 Å². The van der Waals surface area contributed by atoms with Crippen LogP contribution in [0.2, 0.25) is 5.02 Å². The first-order valence-corrected chi connectivity index (χ1v) is 9.33. The highest BCUT2D eigenvalue weighted by atomic mass is 35.5. The van der Waals surface area contributed by atoms with E-state index in [4.69, 9.17) is 16.3 Å². The summed E-state index contributed by atoms with van der Waals surface area (Å²) in [7, 11) is 0. The largest absolute Gasteiger partial charge is 0.444 e. The van der Waals surface area contributed by atoms with Gasteiger partial charge in [-0.2, -0.15) is 0 Å². The molecule has 0 bridgehead atoms. The van der Waals surface area contributed by atoms with Gasteiger partial charge in [-0.25, -0.2) is 4.79 Å². The molecule has 1 aliphatic rings. The van der Waals surface area contributed by atoms with Crippen LogP contribution in [-0.4, -0.2) is 54.1 Å². The van der Waals surface area contributed by atoms with Gasteiger partial charge in [-0.1, -0.05) is 11.6 Å². The number of nitrogens with zero attached hydrogens (tertiary/aromatic N) is 1. The number of likely N-dealkylation sites (tertiary alicyclic amines) is 1. The summed E-state index contributed by atoms with van der Waals surface area (Å²) in [4.78, 5) is 37.7. The third kappa shape index (κ3) is 7.09. The smallest absolute Gasteiger partial charge is 0.408 e. The molecule has 0 atom stereocenters. The van der Waals surface area contributed by atoms with Crippen LogP contribution in [0.4, 0.5) is 4.79 Å². The summed E-state index contributed by atoms with van der Waals surface area (Å²) in [6, 6.07) is 6.72. The lowest BCUT2D eigenvalue weighted by molar-refractivity contribution is -0.131. The summed E-state index contributed by atoms with van der Waals surface area (Å²) in [6.07, 6.45) is 0.718. The minimum absolute atomic E-state index is 0.0102. The number of ether oxygens (including phenoxy) is 1. The fourth-order valence-corrected chi connectivity index (χ4v) is 2.84. The van der Waals surface area contributed by atoms with Crippen LogP contribution in [0.1, 0.15) is 44.0 Å². The van der Waals surface area contributed by atoms with Gasteiger partial charge in [0.25, 0.3) is 5.91 Å². The topological polar surface area (TPSA) is 87.7 Å². The van der Waals surface area contributed by atoms with Gasteiger partial charge >= 0.3 is 6.09 Å². The Morgan fingerprint density at radius 2 is 1.74 bits per heavy atom. The van der Waals surface area contributed by atoms with Crippen LogP contribution >= 0.6 is 11.6 Å². The molecular formula is C19H26ClN3O4. The second kappa shape index (κ2) is 9.08. The Bertz CT molecular complexity index is 677. The highest BCUT2D eigenvalue weighted by Gasteiger charge is 2.25. The molecule has 148 valence electrons. The Labute approximate surface area is 164 Å². The molecule has 1 aliphatic heterocycles. The normalized spacial score (nSPS) is 15.2. The first kappa shape index (κ1) is 21.0. The number of benzene rings is 1. The Morgan fingerprint density at radius 1 is 1.15 bits per heavy atom. The van der Waals surface area contributed by atoms with Crippen molar-refractivity contribution in [2.24, 2.45) is 0 Å². The molecule has 0 aliphatic carbocycles. The van der Waals surface area contributed by atoms with Crippen LogP contribution in [0.15, 0.2) is 24.3 Å². The zero-order valence-corrected chi connectivity index (χ0v) is 16.6. The lowest BCUT2D eigenvalue weighted by Crippen LogP contribution is -2.49. The highest BCUT2D eigenvalue weighted by Crippen LogP contribution is 2.13. The van der Waals surface area contributed by atoms with E-state index in [1.54, 1.807) is 49.9 Å².